The van der Waals surface area contributed by atoms with Gasteiger partial charge in [-0.05, 0) is 74.2 Å². The number of carboxylic acid groups (broad SMARTS) is 1. The number of benzene rings is 1. The van der Waals surface area contributed by atoms with Crippen LogP contribution in [0.4, 0.5) is 11.4 Å². The lowest BCUT2D eigenvalue weighted by Gasteiger charge is -2.68. The Labute approximate surface area is 222 Å². The van der Waals surface area contributed by atoms with E-state index in [1.165, 1.54) is 17.7 Å². The molecule has 0 aromatic heterocycles. The fraction of sp³-hybridized carbons (Fsp3) is 0.633. The minimum Gasteiger partial charge on any atom is -0.481 e. The molecule has 1 saturated heterocycles. The predicted octanol–water partition coefficient (Wildman–Crippen LogP) is 5.61. The number of nitro groups is 1. The van der Waals surface area contributed by atoms with Crippen LogP contribution in [-0.2, 0) is 14.4 Å². The van der Waals surface area contributed by atoms with Crippen molar-refractivity contribution in [1.82, 2.24) is 0 Å². The molecule has 1 N–H and O–H groups in total. The normalized spacial score (nSPS) is 41.4. The molecule has 0 radical (unpaired) electrons. The minimum atomic E-state index is -0.804. The van der Waals surface area contributed by atoms with E-state index < -0.39 is 33.6 Å². The third kappa shape index (κ3) is 2.94. The van der Waals surface area contributed by atoms with E-state index in [-0.39, 0.29) is 52.3 Å². The van der Waals surface area contributed by atoms with Crippen LogP contribution in [0.1, 0.15) is 66.2 Å². The first-order valence-corrected chi connectivity index (χ1v) is 14.0. The molecule has 2 bridgehead atoms. The summed E-state index contributed by atoms with van der Waals surface area (Å²) in [6.45, 7) is 8.39. The molecule has 1 spiro atoms. The summed E-state index contributed by atoms with van der Waals surface area (Å²) in [5, 5.41) is 22.1. The lowest BCUT2D eigenvalue weighted by molar-refractivity contribution is -0.384. The summed E-state index contributed by atoms with van der Waals surface area (Å²) >= 11 is 0. The summed E-state index contributed by atoms with van der Waals surface area (Å²) in [6, 6.07) is 6.00. The van der Waals surface area contributed by atoms with E-state index in [9.17, 15) is 29.6 Å². The number of hydrogen-bond acceptors (Lipinski definition) is 5. The van der Waals surface area contributed by atoms with Crippen LogP contribution in [0.15, 0.2) is 35.9 Å². The van der Waals surface area contributed by atoms with Crippen molar-refractivity contribution in [2.75, 3.05) is 4.90 Å². The predicted molar refractivity (Wildman–Crippen MR) is 140 cm³/mol. The van der Waals surface area contributed by atoms with Gasteiger partial charge >= 0.3 is 5.97 Å². The van der Waals surface area contributed by atoms with Crippen molar-refractivity contribution in [3.8, 4) is 0 Å². The third-order valence-corrected chi connectivity index (χ3v) is 11.5. The maximum absolute atomic E-state index is 14.3. The van der Waals surface area contributed by atoms with E-state index in [4.69, 9.17) is 0 Å². The van der Waals surface area contributed by atoms with Gasteiger partial charge in [0.1, 0.15) is 5.69 Å². The van der Waals surface area contributed by atoms with Gasteiger partial charge in [0.15, 0.2) is 0 Å². The summed E-state index contributed by atoms with van der Waals surface area (Å²) in [5.41, 5.74) is -0.593. The summed E-state index contributed by atoms with van der Waals surface area (Å²) in [5.74, 6) is -2.32. The van der Waals surface area contributed by atoms with Gasteiger partial charge in [-0.15, -0.1) is 0 Å². The average molecular weight is 521 g/mol. The van der Waals surface area contributed by atoms with Crippen molar-refractivity contribution in [2.45, 2.75) is 66.2 Å². The number of anilines is 1. The Balaban J connectivity index is 1.50. The molecule has 8 nitrogen and oxygen atoms in total. The molecule has 8 heteroatoms. The number of nitro benzene ring substituents is 1. The van der Waals surface area contributed by atoms with E-state index in [1.54, 1.807) is 12.1 Å². The topological polar surface area (TPSA) is 118 Å². The van der Waals surface area contributed by atoms with Crippen molar-refractivity contribution in [3.63, 3.8) is 0 Å². The second-order valence-electron chi connectivity index (χ2n) is 13.2. The number of nitrogens with zero attached hydrogens (tertiary/aromatic N) is 2. The highest BCUT2D eigenvalue weighted by atomic mass is 16.6. The lowest BCUT2D eigenvalue weighted by atomic mass is 9.34. The van der Waals surface area contributed by atoms with Crippen molar-refractivity contribution in [2.24, 2.45) is 51.8 Å². The van der Waals surface area contributed by atoms with Crippen LogP contribution in [0.5, 0.6) is 0 Å². The fourth-order valence-electron chi connectivity index (χ4n) is 10.0. The highest BCUT2D eigenvalue weighted by molar-refractivity contribution is 6.23. The van der Waals surface area contributed by atoms with E-state index in [1.807, 2.05) is 6.92 Å². The molecule has 6 aliphatic rings. The summed E-state index contributed by atoms with van der Waals surface area (Å²) in [6.07, 6.45) is 6.84. The Morgan fingerprint density at radius 3 is 2.47 bits per heavy atom. The number of carbonyl (C=O) groups excluding carboxylic acids is 2. The van der Waals surface area contributed by atoms with Crippen LogP contribution in [-0.4, -0.2) is 27.8 Å². The maximum atomic E-state index is 14.3. The van der Waals surface area contributed by atoms with E-state index in [0.29, 0.717) is 19.3 Å². The largest absolute Gasteiger partial charge is 0.481 e. The van der Waals surface area contributed by atoms with Gasteiger partial charge in [-0.25, -0.2) is 4.90 Å². The Hall–Kier alpha value is -3.03. The molecular formula is C30H36N2O6. The molecular weight excluding hydrogens is 484 g/mol. The lowest BCUT2D eigenvalue weighted by Crippen LogP contribution is -2.65. The molecule has 3 saturated carbocycles. The SMILES string of the molecule is CC(C)C1=CC23CCC4C(C)(C(=O)O)CCCC4(C)C2CC1C1C(=O)N(c2ccccc2[N+](=O)[O-])C(=O)C13. The first-order valence-electron chi connectivity index (χ1n) is 14.0. The number of fused-ring (bicyclic) bond motifs is 1. The van der Waals surface area contributed by atoms with E-state index >= 15 is 0 Å². The molecule has 38 heavy (non-hydrogen) atoms. The third-order valence-electron chi connectivity index (χ3n) is 11.5. The van der Waals surface area contributed by atoms with Gasteiger partial charge in [0.25, 0.3) is 5.69 Å². The molecule has 7 rings (SSSR count). The number of aliphatic carboxylic acids is 1. The minimum absolute atomic E-state index is 0.00379. The first kappa shape index (κ1) is 25.3. The van der Waals surface area contributed by atoms with Crippen LogP contribution >= 0.6 is 0 Å². The van der Waals surface area contributed by atoms with Crippen molar-refractivity contribution < 1.29 is 24.4 Å². The van der Waals surface area contributed by atoms with Gasteiger partial charge in [-0.2, -0.15) is 0 Å². The molecule has 1 aromatic carbocycles. The number of para-hydroxylation sites is 2. The molecule has 1 aliphatic heterocycles. The molecule has 4 fully saturated rings. The van der Waals surface area contributed by atoms with Gasteiger partial charge in [-0.1, -0.05) is 51.0 Å². The molecule has 1 aromatic rings. The van der Waals surface area contributed by atoms with Gasteiger partial charge < -0.3 is 5.11 Å². The Morgan fingerprint density at radius 2 is 1.82 bits per heavy atom. The number of imide groups is 1. The zero-order valence-electron chi connectivity index (χ0n) is 22.5. The Bertz CT molecular complexity index is 1300. The van der Waals surface area contributed by atoms with Crippen molar-refractivity contribution in [3.05, 3.63) is 46.0 Å². The number of carbonyl (C=O) groups is 3. The number of rotatable bonds is 4. The van der Waals surface area contributed by atoms with Gasteiger partial charge in [0.2, 0.25) is 11.8 Å². The van der Waals surface area contributed by atoms with E-state index in [0.717, 1.165) is 24.2 Å². The van der Waals surface area contributed by atoms with E-state index in [2.05, 4.69) is 26.8 Å². The second-order valence-corrected chi connectivity index (χ2v) is 13.2. The van der Waals surface area contributed by atoms with Crippen LogP contribution < -0.4 is 4.90 Å². The summed E-state index contributed by atoms with van der Waals surface area (Å²) < 4.78 is 0. The number of amides is 2. The quantitative estimate of drug-likeness (QED) is 0.239. The second kappa shape index (κ2) is 7.99. The monoisotopic (exact) mass is 520 g/mol. The van der Waals surface area contributed by atoms with Crippen LogP contribution in [0.25, 0.3) is 0 Å². The van der Waals surface area contributed by atoms with Gasteiger partial charge in [-0.3, -0.25) is 24.5 Å². The van der Waals surface area contributed by atoms with Crippen molar-refractivity contribution >= 4 is 29.2 Å². The maximum Gasteiger partial charge on any atom is 0.309 e. The zero-order valence-corrected chi connectivity index (χ0v) is 22.5. The molecule has 202 valence electrons. The smallest absolute Gasteiger partial charge is 0.309 e. The number of allylic oxidation sites excluding steroid dienone is 2. The summed E-state index contributed by atoms with van der Waals surface area (Å²) in [7, 11) is 0. The Kier molecular flexibility index (Phi) is 5.31. The highest BCUT2D eigenvalue weighted by Crippen LogP contribution is 2.74. The first-order chi connectivity index (χ1) is 17.9. The molecule has 8 unspecified atom stereocenters. The average Bonchev–Trinajstić information content (AvgIpc) is 3.15. The molecule has 8 atom stereocenters. The van der Waals surface area contributed by atoms with Crippen LogP contribution in [0.3, 0.4) is 0 Å². The van der Waals surface area contributed by atoms with Gasteiger partial charge in [0.05, 0.1) is 22.2 Å². The van der Waals surface area contributed by atoms with Gasteiger partial charge in [0, 0.05) is 11.5 Å². The molecule has 1 heterocycles. The standard InChI is InChI=1S/C30H36N2O6/c1-16(2)18-15-30-13-10-21-28(3,11-7-12-29(21,4)27(35)36)22(30)14-17(18)23-24(30)26(34)31(25(23)33)19-8-5-6-9-20(19)32(37)38/h5-6,8-9,15-17,21-24H,7,10-14H2,1-4H3,(H,35,36). The fourth-order valence-corrected chi connectivity index (χ4v) is 10.0. The zero-order chi connectivity index (χ0) is 27.4. The van der Waals surface area contributed by atoms with Crippen molar-refractivity contribution in [1.29, 1.82) is 0 Å². The summed E-state index contributed by atoms with van der Waals surface area (Å²) in [4.78, 5) is 53.3. The Morgan fingerprint density at radius 1 is 1.11 bits per heavy atom. The van der Waals surface area contributed by atoms with Crippen LogP contribution in [0.2, 0.25) is 0 Å². The highest BCUT2D eigenvalue weighted by Gasteiger charge is 2.73. The molecule has 2 amide bonds. The molecule has 5 aliphatic carbocycles. The number of carboxylic acids is 1. The number of hydrogen-bond donors (Lipinski definition) is 1. The van der Waals surface area contributed by atoms with Crippen LogP contribution in [0, 0.1) is 61.9 Å².